The molecule has 2 heterocycles. The lowest BCUT2D eigenvalue weighted by molar-refractivity contribution is -0.118. The topological polar surface area (TPSA) is 64.0 Å². The first kappa shape index (κ1) is 20.9. The number of carbonyl (C=O) groups is 1. The van der Waals surface area contributed by atoms with Crippen molar-refractivity contribution in [3.8, 4) is 11.1 Å². The normalized spacial score (nSPS) is 12.1. The summed E-state index contributed by atoms with van der Waals surface area (Å²) >= 11 is 1.41. The predicted octanol–water partition coefficient (Wildman–Crippen LogP) is 5.33. The molecular weight excluding hydrogens is 413 g/mol. The zero-order valence-corrected chi connectivity index (χ0v) is 18.3. The summed E-state index contributed by atoms with van der Waals surface area (Å²) in [5, 5.41) is 3.31. The number of hydrogen-bond donors (Lipinski definition) is 1. The van der Waals surface area contributed by atoms with Crippen LogP contribution in [-0.4, -0.2) is 15.5 Å². The van der Waals surface area contributed by atoms with Crippen LogP contribution in [0.25, 0.3) is 21.3 Å². The number of nitrogens with one attached hydrogen (secondary N) is 1. The number of carbonyl (C=O) groups excluding carboxylic acids is 1. The number of thiophene rings is 1. The van der Waals surface area contributed by atoms with E-state index in [9.17, 15) is 14.0 Å². The third-order valence-electron chi connectivity index (χ3n) is 5.37. The lowest BCUT2D eigenvalue weighted by Gasteiger charge is -2.15. The van der Waals surface area contributed by atoms with Crippen molar-refractivity contribution in [1.29, 1.82) is 0 Å². The van der Waals surface area contributed by atoms with E-state index in [1.54, 1.807) is 19.1 Å². The van der Waals surface area contributed by atoms with Crippen molar-refractivity contribution in [2.45, 2.75) is 33.2 Å². The fourth-order valence-corrected chi connectivity index (χ4v) is 4.56. The lowest BCUT2D eigenvalue weighted by Crippen LogP contribution is -2.31. The largest absolute Gasteiger partial charge is 0.324 e. The molecule has 7 heteroatoms. The van der Waals surface area contributed by atoms with Gasteiger partial charge in [0.1, 0.15) is 16.7 Å². The summed E-state index contributed by atoms with van der Waals surface area (Å²) in [6.45, 7) is 5.64. The van der Waals surface area contributed by atoms with Crippen LogP contribution in [0.15, 0.2) is 59.7 Å². The molecule has 4 rings (SSSR count). The van der Waals surface area contributed by atoms with Gasteiger partial charge in [0.15, 0.2) is 0 Å². The standard InChI is InChI=1S/C24H22FN3O2S/c1-4-16-5-11-19(12-6-16)27-22(29)14(2)28-13-26-23-21(24(28)30)20(15(3)31-23)17-7-9-18(25)10-8-17/h5-14H,4H2,1-3H3,(H,27,29). The summed E-state index contributed by atoms with van der Waals surface area (Å²) in [7, 11) is 0. The van der Waals surface area contributed by atoms with Gasteiger partial charge in [0.2, 0.25) is 5.91 Å². The predicted molar refractivity (Wildman–Crippen MR) is 123 cm³/mol. The maximum absolute atomic E-state index is 13.4. The third kappa shape index (κ3) is 4.01. The van der Waals surface area contributed by atoms with Crippen molar-refractivity contribution >= 4 is 33.1 Å². The van der Waals surface area contributed by atoms with E-state index in [2.05, 4.69) is 17.2 Å². The van der Waals surface area contributed by atoms with E-state index in [4.69, 9.17) is 0 Å². The van der Waals surface area contributed by atoms with Crippen LogP contribution in [-0.2, 0) is 11.2 Å². The molecule has 2 aromatic carbocycles. The van der Waals surface area contributed by atoms with E-state index in [0.29, 0.717) is 15.9 Å². The van der Waals surface area contributed by atoms with Crippen molar-refractivity contribution in [1.82, 2.24) is 9.55 Å². The molecule has 0 aliphatic rings. The molecular formula is C24H22FN3O2S. The van der Waals surface area contributed by atoms with Crippen LogP contribution in [0.2, 0.25) is 0 Å². The van der Waals surface area contributed by atoms with Crippen LogP contribution >= 0.6 is 11.3 Å². The number of halogens is 1. The quantitative estimate of drug-likeness (QED) is 0.461. The fraction of sp³-hybridized carbons (Fsp3) is 0.208. The van der Waals surface area contributed by atoms with Gasteiger partial charge in [-0.1, -0.05) is 31.2 Å². The summed E-state index contributed by atoms with van der Waals surface area (Å²) in [5.41, 5.74) is 3.04. The highest BCUT2D eigenvalue weighted by Crippen LogP contribution is 2.35. The van der Waals surface area contributed by atoms with Gasteiger partial charge in [-0.3, -0.25) is 14.2 Å². The van der Waals surface area contributed by atoms with Crippen molar-refractivity contribution < 1.29 is 9.18 Å². The molecule has 1 unspecified atom stereocenters. The number of rotatable bonds is 5. The van der Waals surface area contributed by atoms with Gasteiger partial charge in [0, 0.05) is 16.1 Å². The van der Waals surface area contributed by atoms with Crippen LogP contribution in [0.4, 0.5) is 10.1 Å². The first-order chi connectivity index (χ1) is 14.9. The molecule has 31 heavy (non-hydrogen) atoms. The van der Waals surface area contributed by atoms with Crippen LogP contribution in [0, 0.1) is 12.7 Å². The van der Waals surface area contributed by atoms with Crippen LogP contribution in [0.3, 0.4) is 0 Å². The van der Waals surface area contributed by atoms with Crippen LogP contribution in [0.1, 0.15) is 30.3 Å². The number of hydrogen-bond acceptors (Lipinski definition) is 4. The maximum atomic E-state index is 13.4. The molecule has 0 saturated heterocycles. The third-order valence-corrected chi connectivity index (χ3v) is 6.39. The molecule has 0 spiro atoms. The monoisotopic (exact) mass is 435 g/mol. The highest BCUT2D eigenvalue weighted by molar-refractivity contribution is 7.19. The Hall–Kier alpha value is -3.32. The minimum atomic E-state index is -0.753. The van der Waals surface area contributed by atoms with Gasteiger partial charge in [-0.25, -0.2) is 9.37 Å². The van der Waals surface area contributed by atoms with Crippen LogP contribution in [0.5, 0.6) is 0 Å². The molecule has 0 bridgehead atoms. The molecule has 5 nitrogen and oxygen atoms in total. The number of aryl methyl sites for hydroxylation is 2. The second kappa shape index (κ2) is 8.43. The molecule has 4 aromatic rings. The van der Waals surface area contributed by atoms with Crippen molar-refractivity contribution in [3.05, 3.63) is 81.5 Å². The summed E-state index contributed by atoms with van der Waals surface area (Å²) in [6, 6.07) is 12.9. The number of benzene rings is 2. The van der Waals surface area contributed by atoms with E-state index < -0.39 is 6.04 Å². The highest BCUT2D eigenvalue weighted by Gasteiger charge is 2.22. The van der Waals surface area contributed by atoms with Gasteiger partial charge in [0.25, 0.3) is 5.56 Å². The van der Waals surface area contributed by atoms with Gasteiger partial charge in [-0.05, 0) is 55.7 Å². The van der Waals surface area contributed by atoms with E-state index in [1.165, 1.54) is 39.9 Å². The van der Waals surface area contributed by atoms with Gasteiger partial charge < -0.3 is 5.32 Å². The van der Waals surface area contributed by atoms with E-state index in [1.807, 2.05) is 31.2 Å². The summed E-state index contributed by atoms with van der Waals surface area (Å²) in [4.78, 5) is 32.1. The number of aromatic nitrogens is 2. The Morgan fingerprint density at radius 1 is 1.16 bits per heavy atom. The SMILES string of the molecule is CCc1ccc(NC(=O)C(C)n2cnc3sc(C)c(-c4ccc(F)cc4)c3c2=O)cc1. The van der Waals surface area contributed by atoms with Gasteiger partial charge in [-0.15, -0.1) is 11.3 Å². The van der Waals surface area contributed by atoms with Crippen molar-refractivity contribution in [3.63, 3.8) is 0 Å². The summed E-state index contributed by atoms with van der Waals surface area (Å²) < 4.78 is 14.7. The highest BCUT2D eigenvalue weighted by atomic mass is 32.1. The molecule has 1 atom stereocenters. The molecule has 0 saturated carbocycles. The van der Waals surface area contributed by atoms with E-state index in [0.717, 1.165) is 22.4 Å². The lowest BCUT2D eigenvalue weighted by atomic mass is 10.0. The van der Waals surface area contributed by atoms with Crippen LogP contribution < -0.4 is 10.9 Å². The first-order valence-electron chi connectivity index (χ1n) is 10.0. The second-order valence-corrected chi connectivity index (χ2v) is 8.60. The minimum Gasteiger partial charge on any atom is -0.324 e. The Bertz CT molecular complexity index is 1310. The van der Waals surface area contributed by atoms with Crippen molar-refractivity contribution in [2.24, 2.45) is 0 Å². The second-order valence-electron chi connectivity index (χ2n) is 7.39. The summed E-state index contributed by atoms with van der Waals surface area (Å²) in [6.07, 6.45) is 2.33. The molecule has 1 N–H and O–H groups in total. The Kier molecular flexibility index (Phi) is 5.69. The van der Waals surface area contributed by atoms with Gasteiger partial charge >= 0.3 is 0 Å². The molecule has 0 fully saturated rings. The average molecular weight is 436 g/mol. The molecule has 0 radical (unpaired) electrons. The summed E-state index contributed by atoms with van der Waals surface area (Å²) in [5.74, 6) is -0.642. The van der Waals surface area contributed by atoms with Gasteiger partial charge in [-0.2, -0.15) is 0 Å². The molecule has 0 aliphatic heterocycles. The number of nitrogens with zero attached hydrogens (tertiary/aromatic N) is 2. The smallest absolute Gasteiger partial charge is 0.263 e. The van der Waals surface area contributed by atoms with E-state index in [-0.39, 0.29) is 17.3 Å². The Labute approximate surface area is 183 Å². The Balaban J connectivity index is 1.71. The number of fused-ring (bicyclic) bond motifs is 1. The molecule has 2 aromatic heterocycles. The first-order valence-corrected chi connectivity index (χ1v) is 10.9. The fourth-order valence-electron chi connectivity index (χ4n) is 3.55. The minimum absolute atomic E-state index is 0.294. The van der Waals surface area contributed by atoms with Gasteiger partial charge in [0.05, 0.1) is 11.7 Å². The number of anilines is 1. The zero-order chi connectivity index (χ0) is 22.1. The Morgan fingerprint density at radius 3 is 2.48 bits per heavy atom. The zero-order valence-electron chi connectivity index (χ0n) is 17.5. The molecule has 0 aliphatic carbocycles. The maximum Gasteiger partial charge on any atom is 0.263 e. The molecule has 1 amide bonds. The Morgan fingerprint density at radius 2 is 1.84 bits per heavy atom. The average Bonchev–Trinajstić information content (AvgIpc) is 3.11. The van der Waals surface area contributed by atoms with E-state index >= 15 is 0 Å². The van der Waals surface area contributed by atoms with Crippen molar-refractivity contribution in [2.75, 3.05) is 5.32 Å². The molecule has 158 valence electrons. The number of amides is 1.